The van der Waals surface area contributed by atoms with Crippen molar-refractivity contribution in [3.63, 3.8) is 0 Å². The summed E-state index contributed by atoms with van der Waals surface area (Å²) in [4.78, 5) is 34.6. The molecule has 9 nitrogen and oxygen atoms in total. The molecule has 0 aromatic rings. The third-order valence-corrected chi connectivity index (χ3v) is 6.72. The Kier molecular flexibility index (Phi) is 6.28. The standard InChI is InChI=1S/C17H24N6O3S/c1-11-9-27-16-13(15(24)23(16)14(11)17(25)26)19-10-22-7-4-12(5-8-22)3-2-6-20-21-18/h10,12-13,16H,2-9H2,1H3,(H,25,26). The van der Waals surface area contributed by atoms with Crippen LogP contribution in [0.15, 0.2) is 21.4 Å². The predicted molar refractivity (Wildman–Crippen MR) is 103 cm³/mol. The Morgan fingerprint density at radius 2 is 2.19 bits per heavy atom. The number of aliphatic carboxylic acids is 1. The number of azide groups is 1. The van der Waals surface area contributed by atoms with E-state index >= 15 is 0 Å². The molecule has 3 rings (SSSR count). The molecule has 1 N–H and O–H groups in total. The molecular formula is C17H24N6O3S. The number of carboxylic acids is 1. The van der Waals surface area contributed by atoms with E-state index in [1.807, 2.05) is 0 Å². The molecule has 0 aliphatic carbocycles. The SMILES string of the molecule is CC1=C(C(=O)O)N2C(=O)C(N=CN3CCC(CCCN=[N+]=[N-])CC3)C2SC1. The second-order valence-corrected chi connectivity index (χ2v) is 8.23. The van der Waals surface area contributed by atoms with Crippen molar-refractivity contribution in [1.82, 2.24) is 9.80 Å². The lowest BCUT2D eigenvalue weighted by Gasteiger charge is -2.47. The van der Waals surface area contributed by atoms with Crippen molar-refractivity contribution in [2.75, 3.05) is 25.4 Å². The van der Waals surface area contributed by atoms with Crippen molar-refractivity contribution < 1.29 is 14.7 Å². The average Bonchev–Trinajstić information content (AvgIpc) is 2.66. The molecule has 2 saturated heterocycles. The van der Waals surface area contributed by atoms with E-state index in [-0.39, 0.29) is 17.0 Å². The lowest BCUT2D eigenvalue weighted by molar-refractivity contribution is -0.147. The van der Waals surface area contributed by atoms with Gasteiger partial charge in [0.1, 0.15) is 11.1 Å². The highest BCUT2D eigenvalue weighted by Gasteiger charge is 2.53. The van der Waals surface area contributed by atoms with Crippen molar-refractivity contribution in [1.29, 1.82) is 0 Å². The fourth-order valence-electron chi connectivity index (χ4n) is 3.78. The third kappa shape index (κ3) is 4.22. The first-order valence-corrected chi connectivity index (χ1v) is 10.2. The van der Waals surface area contributed by atoms with Crippen LogP contribution in [0, 0.1) is 5.92 Å². The highest BCUT2D eigenvalue weighted by molar-refractivity contribution is 8.00. The van der Waals surface area contributed by atoms with E-state index in [0.29, 0.717) is 18.2 Å². The normalized spacial score (nSPS) is 26.0. The molecule has 1 amide bonds. The molecule has 10 heteroatoms. The maximum absolute atomic E-state index is 12.4. The largest absolute Gasteiger partial charge is 0.477 e. The molecule has 146 valence electrons. The van der Waals surface area contributed by atoms with Crippen LogP contribution in [-0.4, -0.2) is 69.9 Å². The van der Waals surface area contributed by atoms with Gasteiger partial charge in [-0.2, -0.15) is 0 Å². The van der Waals surface area contributed by atoms with Crippen LogP contribution in [-0.2, 0) is 9.59 Å². The first-order valence-electron chi connectivity index (χ1n) is 9.19. The van der Waals surface area contributed by atoms with Crippen molar-refractivity contribution in [3.8, 4) is 0 Å². The van der Waals surface area contributed by atoms with Crippen LogP contribution in [0.5, 0.6) is 0 Å². The summed E-state index contributed by atoms with van der Waals surface area (Å²) in [6.45, 7) is 4.12. The molecule has 27 heavy (non-hydrogen) atoms. The van der Waals surface area contributed by atoms with Crippen molar-refractivity contribution in [2.45, 2.75) is 44.0 Å². The van der Waals surface area contributed by atoms with Crippen LogP contribution in [0.25, 0.3) is 10.4 Å². The van der Waals surface area contributed by atoms with Crippen LogP contribution >= 0.6 is 11.8 Å². The number of hydrogen-bond acceptors (Lipinski definition) is 5. The van der Waals surface area contributed by atoms with E-state index in [9.17, 15) is 14.7 Å². The molecule has 3 aliphatic heterocycles. The van der Waals surface area contributed by atoms with Crippen molar-refractivity contribution in [2.24, 2.45) is 16.0 Å². The van der Waals surface area contributed by atoms with Gasteiger partial charge in [-0.25, -0.2) is 4.79 Å². The molecular weight excluding hydrogens is 368 g/mol. The van der Waals surface area contributed by atoms with Gasteiger partial charge in [-0.15, -0.1) is 11.8 Å². The lowest BCUT2D eigenvalue weighted by Crippen LogP contribution is -2.64. The smallest absolute Gasteiger partial charge is 0.352 e. The first kappa shape index (κ1) is 19.6. The molecule has 3 aliphatic rings. The van der Waals surface area contributed by atoms with Crippen LogP contribution in [0.4, 0.5) is 0 Å². The predicted octanol–water partition coefficient (Wildman–Crippen LogP) is 2.46. The molecule has 0 spiro atoms. The van der Waals surface area contributed by atoms with Gasteiger partial charge < -0.3 is 10.0 Å². The molecule has 0 radical (unpaired) electrons. The molecule has 2 fully saturated rings. The van der Waals surface area contributed by atoms with Crippen LogP contribution in [0.2, 0.25) is 0 Å². The van der Waals surface area contributed by atoms with E-state index in [0.717, 1.165) is 44.3 Å². The summed E-state index contributed by atoms with van der Waals surface area (Å²) in [6.07, 6.45) is 5.89. The summed E-state index contributed by atoms with van der Waals surface area (Å²) in [5.41, 5.74) is 9.14. The summed E-state index contributed by atoms with van der Waals surface area (Å²) in [7, 11) is 0. The van der Waals surface area contributed by atoms with Gasteiger partial charge in [-0.05, 0) is 43.2 Å². The minimum absolute atomic E-state index is 0.122. The summed E-state index contributed by atoms with van der Waals surface area (Å²) >= 11 is 1.57. The number of likely N-dealkylation sites (tertiary alicyclic amines) is 1. The molecule has 0 bridgehead atoms. The second kappa shape index (κ2) is 8.67. The Morgan fingerprint density at radius 3 is 2.85 bits per heavy atom. The quantitative estimate of drug-likeness (QED) is 0.136. The number of thioether (sulfide) groups is 1. The zero-order valence-corrected chi connectivity index (χ0v) is 16.1. The summed E-state index contributed by atoms with van der Waals surface area (Å²) < 4.78 is 0. The van der Waals surface area contributed by atoms with Gasteiger partial charge in [-0.3, -0.25) is 14.7 Å². The van der Waals surface area contributed by atoms with E-state index in [4.69, 9.17) is 5.53 Å². The van der Waals surface area contributed by atoms with Gasteiger partial charge in [0.25, 0.3) is 5.91 Å². The zero-order chi connectivity index (χ0) is 19.4. The van der Waals surface area contributed by atoms with Crippen LogP contribution in [0.1, 0.15) is 32.6 Å². The van der Waals surface area contributed by atoms with Crippen LogP contribution in [0.3, 0.4) is 0 Å². The van der Waals surface area contributed by atoms with Crippen molar-refractivity contribution in [3.05, 3.63) is 21.7 Å². The Morgan fingerprint density at radius 1 is 1.44 bits per heavy atom. The summed E-state index contributed by atoms with van der Waals surface area (Å²) in [5.74, 6) is -0.0164. The van der Waals surface area contributed by atoms with E-state index in [1.54, 1.807) is 25.0 Å². The molecule has 0 aromatic heterocycles. The Hall–Kier alpha value is -2.19. The molecule has 0 saturated carbocycles. The number of rotatable bonds is 7. The number of nitrogens with zero attached hydrogens (tertiary/aromatic N) is 6. The average molecular weight is 392 g/mol. The number of carbonyl (C=O) groups excluding carboxylic acids is 1. The first-order chi connectivity index (χ1) is 13.0. The fraction of sp³-hybridized carbons (Fsp3) is 0.706. The number of piperidine rings is 1. The van der Waals surface area contributed by atoms with Crippen LogP contribution < -0.4 is 0 Å². The molecule has 2 unspecified atom stereocenters. The molecule has 0 aromatic carbocycles. The highest BCUT2D eigenvalue weighted by Crippen LogP contribution is 2.41. The van der Waals surface area contributed by atoms with Gasteiger partial charge >= 0.3 is 5.97 Å². The Balaban J connectivity index is 1.49. The topological polar surface area (TPSA) is 122 Å². The van der Waals surface area contributed by atoms with Gasteiger partial charge in [-0.1, -0.05) is 11.5 Å². The zero-order valence-electron chi connectivity index (χ0n) is 15.3. The third-order valence-electron chi connectivity index (χ3n) is 5.31. The monoisotopic (exact) mass is 392 g/mol. The summed E-state index contributed by atoms with van der Waals surface area (Å²) in [5, 5.41) is 12.7. The maximum Gasteiger partial charge on any atom is 0.352 e. The highest BCUT2D eigenvalue weighted by atomic mass is 32.2. The van der Waals surface area contributed by atoms with Crippen molar-refractivity contribution >= 4 is 30.0 Å². The van der Waals surface area contributed by atoms with E-state index in [2.05, 4.69) is 19.9 Å². The number of fused-ring (bicyclic) bond motifs is 1. The summed E-state index contributed by atoms with van der Waals surface area (Å²) in [6, 6.07) is -0.487. The number of hydrogen-bond donors (Lipinski definition) is 1. The lowest BCUT2D eigenvalue weighted by atomic mass is 9.92. The Bertz CT molecular complexity index is 709. The number of β-lactam (4-membered cyclic amide) rings is 1. The second-order valence-electron chi connectivity index (χ2n) is 7.13. The molecule has 2 atom stereocenters. The van der Waals surface area contributed by atoms with Gasteiger partial charge in [0, 0.05) is 30.3 Å². The minimum atomic E-state index is -1.05. The maximum atomic E-state index is 12.4. The number of amides is 1. The van der Waals surface area contributed by atoms with Gasteiger partial charge in [0.15, 0.2) is 6.04 Å². The minimum Gasteiger partial charge on any atom is -0.477 e. The van der Waals surface area contributed by atoms with Gasteiger partial charge in [0.2, 0.25) is 0 Å². The number of carbonyl (C=O) groups is 2. The van der Waals surface area contributed by atoms with Gasteiger partial charge in [0.05, 0.1) is 6.34 Å². The number of aliphatic imine (C=N–C) groups is 1. The molecule has 3 heterocycles. The fourth-order valence-corrected chi connectivity index (χ4v) is 5.06. The number of carboxylic acid groups (broad SMARTS) is 1. The van der Waals surface area contributed by atoms with E-state index in [1.165, 1.54) is 4.90 Å². The Labute approximate surface area is 162 Å². The van der Waals surface area contributed by atoms with E-state index < -0.39 is 12.0 Å².